The normalized spacial score (nSPS) is 16.6. The van der Waals surface area contributed by atoms with Gasteiger partial charge in [-0.2, -0.15) is 0 Å². The second-order valence-corrected chi connectivity index (χ2v) is 7.76. The molecule has 156 valence electrons. The highest BCUT2D eigenvalue weighted by Gasteiger charge is 2.25. The van der Waals surface area contributed by atoms with Gasteiger partial charge in [-0.25, -0.2) is 4.39 Å². The first kappa shape index (κ1) is 20.5. The van der Waals surface area contributed by atoms with Crippen LogP contribution in [-0.4, -0.2) is 40.4 Å². The van der Waals surface area contributed by atoms with E-state index >= 15 is 0 Å². The maximum Gasteiger partial charge on any atom is 0.149 e. The standard InChI is InChI=1S/C25H27FN2O2/c1-2-3-12-30-23-9-10-25-24(14-23)20(16-27-11-5-8-22(27)18-29)17-28(25)15-19-6-4-7-21(26)13-19/h4,6-7,9-10,13-14,17,22,29H,5,8,11-12,15-16,18H2,1H3/t22-/m0/s1. The lowest BCUT2D eigenvalue weighted by atomic mass is 10.1. The monoisotopic (exact) mass is 406 g/mol. The Labute approximate surface area is 176 Å². The van der Waals surface area contributed by atoms with Crippen molar-refractivity contribution < 1.29 is 14.2 Å². The van der Waals surface area contributed by atoms with Crippen LogP contribution in [0.4, 0.5) is 4.39 Å². The summed E-state index contributed by atoms with van der Waals surface area (Å²) >= 11 is 0. The number of fused-ring (bicyclic) bond motifs is 1. The van der Waals surface area contributed by atoms with Gasteiger partial charge in [0.1, 0.15) is 18.2 Å². The predicted molar refractivity (Wildman–Crippen MR) is 117 cm³/mol. The quantitative estimate of drug-likeness (QED) is 0.598. The van der Waals surface area contributed by atoms with Crippen molar-refractivity contribution >= 4 is 10.9 Å². The van der Waals surface area contributed by atoms with E-state index in [0.717, 1.165) is 48.1 Å². The SMILES string of the molecule is CC#CCOc1ccc2c(c1)c(CN1CCC[C@H]1CO)cn2Cc1cccc(F)c1. The number of rotatable bonds is 7. The highest BCUT2D eigenvalue weighted by molar-refractivity contribution is 5.85. The first-order valence-electron chi connectivity index (χ1n) is 10.4. The van der Waals surface area contributed by atoms with Crippen molar-refractivity contribution in [2.24, 2.45) is 0 Å². The number of aliphatic hydroxyl groups is 1. The summed E-state index contributed by atoms with van der Waals surface area (Å²) in [4.78, 5) is 2.34. The smallest absolute Gasteiger partial charge is 0.149 e. The average molecular weight is 407 g/mol. The van der Waals surface area contributed by atoms with Gasteiger partial charge in [0.2, 0.25) is 0 Å². The van der Waals surface area contributed by atoms with E-state index in [4.69, 9.17) is 4.74 Å². The van der Waals surface area contributed by atoms with Gasteiger partial charge < -0.3 is 14.4 Å². The minimum atomic E-state index is -0.222. The molecule has 1 aliphatic heterocycles. The van der Waals surface area contributed by atoms with E-state index < -0.39 is 0 Å². The number of benzene rings is 2. The van der Waals surface area contributed by atoms with E-state index in [2.05, 4.69) is 39.6 Å². The lowest BCUT2D eigenvalue weighted by molar-refractivity contribution is 0.154. The second kappa shape index (κ2) is 9.34. The lowest BCUT2D eigenvalue weighted by Gasteiger charge is -2.22. The molecule has 3 aromatic rings. The van der Waals surface area contributed by atoms with Gasteiger partial charge in [-0.1, -0.05) is 18.1 Å². The van der Waals surface area contributed by atoms with E-state index in [1.807, 2.05) is 12.1 Å². The fourth-order valence-electron chi connectivity index (χ4n) is 4.25. The molecule has 1 atom stereocenters. The number of aliphatic hydroxyl groups excluding tert-OH is 1. The summed E-state index contributed by atoms with van der Waals surface area (Å²) in [6.45, 7) is 4.70. The molecule has 30 heavy (non-hydrogen) atoms. The summed E-state index contributed by atoms with van der Waals surface area (Å²) in [5.74, 6) is 6.33. The van der Waals surface area contributed by atoms with Crippen molar-refractivity contribution in [1.29, 1.82) is 0 Å². The van der Waals surface area contributed by atoms with Crippen LogP contribution in [0, 0.1) is 17.7 Å². The molecule has 1 N–H and O–H groups in total. The van der Waals surface area contributed by atoms with Gasteiger partial charge in [-0.3, -0.25) is 4.90 Å². The second-order valence-electron chi connectivity index (χ2n) is 7.76. The fraction of sp³-hybridized carbons (Fsp3) is 0.360. The van der Waals surface area contributed by atoms with E-state index in [0.29, 0.717) is 13.2 Å². The van der Waals surface area contributed by atoms with Gasteiger partial charge in [0, 0.05) is 36.2 Å². The molecule has 1 saturated heterocycles. The summed E-state index contributed by atoms with van der Waals surface area (Å²) in [7, 11) is 0. The molecule has 1 aliphatic rings. The third kappa shape index (κ3) is 4.51. The van der Waals surface area contributed by atoms with Crippen molar-refractivity contribution in [1.82, 2.24) is 9.47 Å². The molecule has 0 aliphatic carbocycles. The molecular formula is C25H27FN2O2. The summed E-state index contributed by atoms with van der Waals surface area (Å²) in [6, 6.07) is 13.0. The topological polar surface area (TPSA) is 37.6 Å². The third-order valence-corrected chi connectivity index (χ3v) is 5.75. The zero-order valence-electron chi connectivity index (χ0n) is 17.3. The van der Waals surface area contributed by atoms with Crippen molar-refractivity contribution in [2.75, 3.05) is 19.8 Å². The first-order chi connectivity index (χ1) is 14.7. The third-order valence-electron chi connectivity index (χ3n) is 5.75. The maximum atomic E-state index is 13.7. The Hall–Kier alpha value is -2.81. The van der Waals surface area contributed by atoms with E-state index in [1.54, 1.807) is 19.1 Å². The molecule has 2 aromatic carbocycles. The van der Waals surface area contributed by atoms with Crippen molar-refractivity contribution in [3.8, 4) is 17.6 Å². The van der Waals surface area contributed by atoms with Crippen LogP contribution in [0.15, 0.2) is 48.7 Å². The van der Waals surface area contributed by atoms with Crippen LogP contribution in [0.25, 0.3) is 10.9 Å². The largest absolute Gasteiger partial charge is 0.481 e. The highest BCUT2D eigenvalue weighted by atomic mass is 19.1. The Bertz CT molecular complexity index is 1080. The van der Waals surface area contributed by atoms with Gasteiger partial charge >= 0.3 is 0 Å². The number of aromatic nitrogens is 1. The zero-order valence-corrected chi connectivity index (χ0v) is 17.3. The molecule has 0 saturated carbocycles. The number of likely N-dealkylation sites (tertiary alicyclic amines) is 1. The van der Waals surface area contributed by atoms with E-state index in [9.17, 15) is 9.50 Å². The molecule has 4 rings (SSSR count). The van der Waals surface area contributed by atoms with Gasteiger partial charge in [-0.15, -0.1) is 5.92 Å². The van der Waals surface area contributed by atoms with Crippen molar-refractivity contribution in [2.45, 2.75) is 38.9 Å². The average Bonchev–Trinajstić information content (AvgIpc) is 3.33. The minimum Gasteiger partial charge on any atom is -0.481 e. The molecule has 4 nitrogen and oxygen atoms in total. The molecule has 1 aromatic heterocycles. The van der Waals surface area contributed by atoms with Crippen LogP contribution in [0.5, 0.6) is 5.75 Å². The molecule has 0 radical (unpaired) electrons. The van der Waals surface area contributed by atoms with Crippen LogP contribution in [0.2, 0.25) is 0 Å². The van der Waals surface area contributed by atoms with Crippen LogP contribution in [0.3, 0.4) is 0 Å². The van der Waals surface area contributed by atoms with Crippen LogP contribution >= 0.6 is 0 Å². The van der Waals surface area contributed by atoms with E-state index in [1.165, 1.54) is 11.6 Å². The first-order valence-corrected chi connectivity index (χ1v) is 10.4. The van der Waals surface area contributed by atoms with Gasteiger partial charge in [0.05, 0.1) is 6.61 Å². The Morgan fingerprint density at radius 3 is 2.90 bits per heavy atom. The number of hydrogen-bond acceptors (Lipinski definition) is 3. The molecule has 2 heterocycles. The Morgan fingerprint density at radius 1 is 1.20 bits per heavy atom. The zero-order chi connectivity index (χ0) is 20.9. The minimum absolute atomic E-state index is 0.186. The molecular weight excluding hydrogens is 379 g/mol. The Balaban J connectivity index is 1.69. The molecule has 1 fully saturated rings. The molecule has 0 bridgehead atoms. The molecule has 5 heteroatoms. The van der Waals surface area contributed by atoms with Crippen molar-refractivity contribution in [3.63, 3.8) is 0 Å². The number of halogens is 1. The van der Waals surface area contributed by atoms with Crippen LogP contribution < -0.4 is 4.74 Å². The number of hydrogen-bond donors (Lipinski definition) is 1. The molecule has 0 spiro atoms. The molecule has 0 unspecified atom stereocenters. The maximum absolute atomic E-state index is 13.7. The fourth-order valence-corrected chi connectivity index (χ4v) is 4.25. The van der Waals surface area contributed by atoms with Crippen LogP contribution in [-0.2, 0) is 13.1 Å². The highest BCUT2D eigenvalue weighted by Crippen LogP contribution is 2.30. The summed E-state index contributed by atoms with van der Waals surface area (Å²) < 4.78 is 21.6. The Kier molecular flexibility index (Phi) is 6.37. The van der Waals surface area contributed by atoms with E-state index in [-0.39, 0.29) is 18.5 Å². The number of nitrogens with zero attached hydrogens (tertiary/aromatic N) is 2. The summed E-state index contributed by atoms with van der Waals surface area (Å²) in [5.41, 5.74) is 3.20. The summed E-state index contributed by atoms with van der Waals surface area (Å²) in [5, 5.41) is 10.8. The predicted octanol–water partition coefficient (Wildman–Crippen LogP) is 4.19. The van der Waals surface area contributed by atoms with Gasteiger partial charge in [0.15, 0.2) is 0 Å². The lowest BCUT2D eigenvalue weighted by Crippen LogP contribution is -2.31. The number of ether oxygens (including phenoxy) is 1. The van der Waals surface area contributed by atoms with Gasteiger partial charge in [0.25, 0.3) is 0 Å². The Morgan fingerprint density at radius 2 is 2.10 bits per heavy atom. The summed E-state index contributed by atoms with van der Waals surface area (Å²) in [6.07, 6.45) is 4.29. The van der Waals surface area contributed by atoms with Crippen molar-refractivity contribution in [3.05, 3.63) is 65.6 Å². The van der Waals surface area contributed by atoms with Gasteiger partial charge in [-0.05, 0) is 67.8 Å². The van der Waals surface area contributed by atoms with Crippen LogP contribution in [0.1, 0.15) is 30.9 Å². The molecule has 0 amide bonds.